The van der Waals surface area contributed by atoms with Gasteiger partial charge in [0.25, 0.3) is 11.5 Å². The molecule has 0 bridgehead atoms. The zero-order valence-electron chi connectivity index (χ0n) is 13.9. The van der Waals surface area contributed by atoms with Crippen LogP contribution in [0.3, 0.4) is 0 Å². The molecule has 0 radical (unpaired) electrons. The molecule has 6 nitrogen and oxygen atoms in total. The molecule has 0 atom stereocenters. The Morgan fingerprint density at radius 2 is 1.65 bits per heavy atom. The van der Waals surface area contributed by atoms with Gasteiger partial charge in [-0.2, -0.15) is 0 Å². The van der Waals surface area contributed by atoms with E-state index < -0.39 is 17.2 Å². The number of anilines is 1. The van der Waals surface area contributed by atoms with E-state index in [-0.39, 0.29) is 11.1 Å². The summed E-state index contributed by atoms with van der Waals surface area (Å²) < 4.78 is 0. The average Bonchev–Trinajstić information content (AvgIpc) is 3.01. The number of fused-ring (bicyclic) bond motifs is 1. The number of aromatic amines is 2. The van der Waals surface area contributed by atoms with Gasteiger partial charge in [0.15, 0.2) is 0 Å². The van der Waals surface area contributed by atoms with Crippen LogP contribution in [-0.2, 0) is 4.79 Å². The molecule has 128 valence electrons. The monoisotopic (exact) mass is 345 g/mol. The van der Waals surface area contributed by atoms with Gasteiger partial charge in [0.05, 0.1) is 22.5 Å². The highest BCUT2D eigenvalue weighted by atomic mass is 16.2. The number of nitrogens with one attached hydrogen (secondary N) is 3. The molecule has 3 aromatic rings. The van der Waals surface area contributed by atoms with Gasteiger partial charge in [0.2, 0.25) is 5.78 Å². The number of amides is 1. The van der Waals surface area contributed by atoms with Gasteiger partial charge in [0, 0.05) is 11.1 Å². The van der Waals surface area contributed by atoms with E-state index in [0.717, 1.165) is 11.1 Å². The number of ketones is 1. The van der Waals surface area contributed by atoms with E-state index in [9.17, 15) is 14.4 Å². The van der Waals surface area contributed by atoms with E-state index in [1.54, 1.807) is 12.1 Å². The second-order valence-electron chi connectivity index (χ2n) is 6.07. The summed E-state index contributed by atoms with van der Waals surface area (Å²) in [5, 5.41) is 8.08. The maximum Gasteiger partial charge on any atom is 0.271 e. The summed E-state index contributed by atoms with van der Waals surface area (Å²) in [6, 6.07) is 14.5. The molecule has 0 saturated heterocycles. The van der Waals surface area contributed by atoms with E-state index in [2.05, 4.69) is 15.5 Å². The maximum absolute atomic E-state index is 12.8. The van der Waals surface area contributed by atoms with Gasteiger partial charge in [-0.1, -0.05) is 42.5 Å². The van der Waals surface area contributed by atoms with E-state index in [0.29, 0.717) is 16.9 Å². The molecule has 0 aliphatic carbocycles. The lowest BCUT2D eigenvalue weighted by molar-refractivity contribution is -0.112. The summed E-state index contributed by atoms with van der Waals surface area (Å²) in [5.74, 6) is -0.913. The third-order valence-corrected chi connectivity index (χ3v) is 4.41. The number of aryl methyl sites for hydroxylation is 1. The van der Waals surface area contributed by atoms with Crippen molar-refractivity contribution in [2.24, 2.45) is 0 Å². The fourth-order valence-corrected chi connectivity index (χ4v) is 3.07. The molecule has 1 aliphatic heterocycles. The number of carbonyl (C=O) groups excluding carboxylic acids is 2. The van der Waals surface area contributed by atoms with Crippen LogP contribution in [0.2, 0.25) is 0 Å². The summed E-state index contributed by atoms with van der Waals surface area (Å²) in [6.45, 7) is 1.82. The van der Waals surface area contributed by atoms with Crippen LogP contribution < -0.4 is 10.9 Å². The van der Waals surface area contributed by atoms with Crippen LogP contribution >= 0.6 is 0 Å². The van der Waals surface area contributed by atoms with Gasteiger partial charge in [-0.15, -0.1) is 0 Å². The number of rotatable bonds is 2. The van der Waals surface area contributed by atoms with Crippen molar-refractivity contribution in [1.82, 2.24) is 10.2 Å². The highest BCUT2D eigenvalue weighted by Gasteiger charge is 2.30. The summed E-state index contributed by atoms with van der Waals surface area (Å²) in [7, 11) is 0. The standard InChI is InChI=1S/C20H15N3O3/c1-11-6-5-9-13-16(11)21-19(25)15(18(13)24)10-14-17(22-23-20(14)26)12-7-3-2-4-8-12/h2-10H,1H3,(H,21,25)(H2,22,23,26)/b15-10-. The number of carbonyl (C=O) groups is 2. The van der Waals surface area contributed by atoms with Crippen molar-refractivity contribution in [3.05, 3.63) is 81.1 Å². The molecule has 0 saturated carbocycles. The van der Waals surface area contributed by atoms with Crippen LogP contribution in [0.25, 0.3) is 17.3 Å². The molecule has 3 N–H and O–H groups in total. The molecular formula is C20H15N3O3. The van der Waals surface area contributed by atoms with Gasteiger partial charge in [-0.3, -0.25) is 24.6 Å². The summed E-state index contributed by atoms with van der Waals surface area (Å²) >= 11 is 0. The van der Waals surface area contributed by atoms with Gasteiger partial charge in [0.1, 0.15) is 0 Å². The van der Waals surface area contributed by atoms with Crippen LogP contribution in [0.15, 0.2) is 58.9 Å². The lowest BCUT2D eigenvalue weighted by atomic mass is 9.93. The zero-order chi connectivity index (χ0) is 18.3. The smallest absolute Gasteiger partial charge is 0.271 e. The van der Waals surface area contributed by atoms with Crippen LogP contribution in [0.4, 0.5) is 5.69 Å². The number of para-hydroxylation sites is 1. The van der Waals surface area contributed by atoms with Crippen molar-refractivity contribution in [3.63, 3.8) is 0 Å². The molecule has 6 heteroatoms. The second-order valence-corrected chi connectivity index (χ2v) is 6.07. The molecule has 0 fully saturated rings. The van der Waals surface area contributed by atoms with Gasteiger partial charge < -0.3 is 5.32 Å². The maximum atomic E-state index is 12.8. The molecule has 1 aliphatic rings. The SMILES string of the molecule is Cc1cccc2c1NC(=O)/C(=C\c1c(-c3ccccc3)[nH][nH]c1=O)C2=O. The molecule has 1 amide bonds. The number of Topliss-reactive ketones (excluding diaryl/α,β-unsaturated/α-hetero) is 1. The van der Waals surface area contributed by atoms with Crippen molar-refractivity contribution in [3.8, 4) is 11.3 Å². The van der Waals surface area contributed by atoms with Crippen molar-refractivity contribution >= 4 is 23.5 Å². The summed E-state index contributed by atoms with van der Waals surface area (Å²) in [4.78, 5) is 37.5. The van der Waals surface area contributed by atoms with Crippen molar-refractivity contribution in [1.29, 1.82) is 0 Å². The second kappa shape index (κ2) is 6.00. The third-order valence-electron chi connectivity index (χ3n) is 4.41. The fraction of sp³-hybridized carbons (Fsp3) is 0.0500. The Balaban J connectivity index is 1.86. The van der Waals surface area contributed by atoms with Gasteiger partial charge >= 0.3 is 0 Å². The topological polar surface area (TPSA) is 94.8 Å². The Bertz CT molecular complexity index is 1120. The lowest BCUT2D eigenvalue weighted by Gasteiger charge is -2.19. The Labute approximate surface area is 148 Å². The fourth-order valence-electron chi connectivity index (χ4n) is 3.07. The van der Waals surface area contributed by atoms with Gasteiger partial charge in [-0.05, 0) is 24.6 Å². The predicted octanol–water partition coefficient (Wildman–Crippen LogP) is 2.90. The highest BCUT2D eigenvalue weighted by Crippen LogP contribution is 2.30. The Hall–Kier alpha value is -3.67. The molecular weight excluding hydrogens is 330 g/mol. The Morgan fingerprint density at radius 3 is 2.42 bits per heavy atom. The Morgan fingerprint density at radius 1 is 0.885 bits per heavy atom. The van der Waals surface area contributed by atoms with Gasteiger partial charge in [-0.25, -0.2) is 0 Å². The highest BCUT2D eigenvalue weighted by molar-refractivity contribution is 6.36. The van der Waals surface area contributed by atoms with Crippen LogP contribution in [-0.4, -0.2) is 21.9 Å². The van der Waals surface area contributed by atoms with E-state index in [1.807, 2.05) is 43.3 Å². The first kappa shape index (κ1) is 15.8. The van der Waals surface area contributed by atoms with E-state index in [4.69, 9.17) is 0 Å². The predicted molar refractivity (Wildman–Crippen MR) is 99.0 cm³/mol. The lowest BCUT2D eigenvalue weighted by Crippen LogP contribution is -2.28. The quantitative estimate of drug-likeness (QED) is 0.492. The number of benzene rings is 2. The average molecular weight is 345 g/mol. The van der Waals surface area contributed by atoms with E-state index >= 15 is 0 Å². The first-order chi connectivity index (χ1) is 12.6. The molecule has 4 rings (SSSR count). The number of hydrogen-bond donors (Lipinski definition) is 3. The van der Waals surface area contributed by atoms with Crippen LogP contribution in [0, 0.1) is 6.92 Å². The molecule has 1 aromatic heterocycles. The molecule has 0 unspecified atom stereocenters. The number of hydrogen-bond acceptors (Lipinski definition) is 3. The number of aromatic nitrogens is 2. The van der Waals surface area contributed by atoms with Crippen LogP contribution in [0.5, 0.6) is 0 Å². The van der Waals surface area contributed by atoms with E-state index in [1.165, 1.54) is 6.08 Å². The Kier molecular flexibility index (Phi) is 3.65. The normalized spacial score (nSPS) is 15.0. The number of H-pyrrole nitrogens is 2. The van der Waals surface area contributed by atoms with Crippen molar-refractivity contribution in [2.75, 3.05) is 5.32 Å². The minimum atomic E-state index is -0.517. The first-order valence-electron chi connectivity index (χ1n) is 8.09. The third kappa shape index (κ3) is 2.48. The summed E-state index contributed by atoms with van der Waals surface area (Å²) in [6.07, 6.45) is 1.35. The largest absolute Gasteiger partial charge is 0.321 e. The first-order valence-corrected chi connectivity index (χ1v) is 8.09. The molecule has 26 heavy (non-hydrogen) atoms. The van der Waals surface area contributed by atoms with Crippen molar-refractivity contribution in [2.45, 2.75) is 6.92 Å². The molecule has 2 aromatic carbocycles. The molecule has 0 spiro atoms. The van der Waals surface area contributed by atoms with Crippen molar-refractivity contribution < 1.29 is 9.59 Å². The minimum absolute atomic E-state index is 0.0645. The zero-order valence-corrected chi connectivity index (χ0v) is 13.9. The summed E-state index contributed by atoms with van der Waals surface area (Å²) in [5.41, 5.74) is 2.84. The minimum Gasteiger partial charge on any atom is -0.321 e. The van der Waals surface area contributed by atoms with Crippen LogP contribution in [0.1, 0.15) is 21.5 Å². The molecule has 2 heterocycles.